The topological polar surface area (TPSA) is 97.4 Å². The summed E-state index contributed by atoms with van der Waals surface area (Å²) in [4.78, 5) is 12.0. The minimum absolute atomic E-state index is 0.0223. The summed E-state index contributed by atoms with van der Waals surface area (Å²) in [5.74, 6) is -1.09. The molecule has 1 saturated heterocycles. The van der Waals surface area contributed by atoms with Crippen molar-refractivity contribution in [1.82, 2.24) is 0 Å². The fraction of sp³-hybridized carbons (Fsp3) is 0.417. The van der Waals surface area contributed by atoms with Crippen molar-refractivity contribution in [2.24, 2.45) is 5.92 Å². The zero-order chi connectivity index (χ0) is 15.0. The van der Waals surface area contributed by atoms with E-state index >= 15 is 0 Å². The lowest BCUT2D eigenvalue weighted by atomic mass is 10.1. The van der Waals surface area contributed by atoms with Crippen LogP contribution in [-0.2, 0) is 24.5 Å². The predicted octanol–water partition coefficient (Wildman–Crippen LogP) is 0.463. The molecule has 0 radical (unpaired) electrons. The van der Waals surface area contributed by atoms with Gasteiger partial charge in [-0.1, -0.05) is 6.07 Å². The molecule has 1 atom stereocenters. The highest BCUT2D eigenvalue weighted by atomic mass is 32.2. The zero-order valence-corrected chi connectivity index (χ0v) is 12.5. The van der Waals surface area contributed by atoms with E-state index in [0.717, 1.165) is 6.26 Å². The van der Waals surface area contributed by atoms with Gasteiger partial charge in [0, 0.05) is 11.9 Å². The van der Waals surface area contributed by atoms with E-state index in [1.165, 1.54) is 18.2 Å². The highest BCUT2D eigenvalue weighted by Crippen LogP contribution is 2.21. The standard InChI is InChI=1S/C12H15NO5S2/c1-19(15,16)11-4-2-3-10(7-11)13-12(14)9-5-6-20(17,18)8-9/h2-4,7,9H,5-6,8H2,1H3,(H,13,14)/t9-/m1/s1. The fourth-order valence-corrected chi connectivity index (χ4v) is 4.46. The molecule has 1 aromatic rings. The van der Waals surface area contributed by atoms with Crippen LogP contribution in [0.25, 0.3) is 0 Å². The van der Waals surface area contributed by atoms with Crippen LogP contribution < -0.4 is 5.32 Å². The van der Waals surface area contributed by atoms with Crippen molar-refractivity contribution in [3.8, 4) is 0 Å². The summed E-state index contributed by atoms with van der Waals surface area (Å²) >= 11 is 0. The Labute approximate surface area is 118 Å². The molecule has 0 bridgehead atoms. The highest BCUT2D eigenvalue weighted by Gasteiger charge is 2.32. The molecule has 6 nitrogen and oxygen atoms in total. The van der Waals surface area contributed by atoms with E-state index in [4.69, 9.17) is 0 Å². The monoisotopic (exact) mass is 317 g/mol. The third-order valence-electron chi connectivity index (χ3n) is 3.13. The first kappa shape index (κ1) is 15.0. The van der Waals surface area contributed by atoms with Crippen molar-refractivity contribution in [2.75, 3.05) is 23.1 Å². The molecule has 2 rings (SSSR count). The maximum Gasteiger partial charge on any atom is 0.228 e. The van der Waals surface area contributed by atoms with Gasteiger partial charge in [0.1, 0.15) is 0 Å². The van der Waals surface area contributed by atoms with Crippen molar-refractivity contribution in [3.05, 3.63) is 24.3 Å². The molecule has 1 fully saturated rings. The summed E-state index contributed by atoms with van der Waals surface area (Å²) in [6, 6.07) is 5.88. The van der Waals surface area contributed by atoms with Crippen molar-refractivity contribution in [1.29, 1.82) is 0 Å². The van der Waals surface area contributed by atoms with Gasteiger partial charge < -0.3 is 5.32 Å². The second-order valence-corrected chi connectivity index (χ2v) is 9.13. The van der Waals surface area contributed by atoms with Gasteiger partial charge in [0.25, 0.3) is 0 Å². The van der Waals surface area contributed by atoms with Crippen LogP contribution in [0.5, 0.6) is 0 Å². The Kier molecular flexibility index (Phi) is 3.88. The van der Waals surface area contributed by atoms with Crippen LogP contribution in [0.3, 0.4) is 0 Å². The van der Waals surface area contributed by atoms with Crippen LogP contribution in [0.2, 0.25) is 0 Å². The van der Waals surface area contributed by atoms with Crippen LogP contribution in [0.1, 0.15) is 6.42 Å². The normalized spacial score (nSPS) is 21.6. The van der Waals surface area contributed by atoms with E-state index in [1.807, 2.05) is 0 Å². The molecule has 0 aliphatic carbocycles. The summed E-state index contributed by atoms with van der Waals surface area (Å²) in [5, 5.41) is 2.57. The molecule has 110 valence electrons. The highest BCUT2D eigenvalue weighted by molar-refractivity contribution is 7.91. The average Bonchev–Trinajstić information content (AvgIpc) is 2.69. The molecular formula is C12H15NO5S2. The van der Waals surface area contributed by atoms with E-state index in [9.17, 15) is 21.6 Å². The quantitative estimate of drug-likeness (QED) is 0.873. The van der Waals surface area contributed by atoms with Crippen LogP contribution in [0, 0.1) is 5.92 Å². The smallest absolute Gasteiger partial charge is 0.228 e. The molecule has 0 aromatic heterocycles. The largest absolute Gasteiger partial charge is 0.326 e. The van der Waals surface area contributed by atoms with Crippen LogP contribution in [0.4, 0.5) is 5.69 Å². The van der Waals surface area contributed by atoms with Crippen molar-refractivity contribution in [3.63, 3.8) is 0 Å². The Balaban J connectivity index is 2.13. The van der Waals surface area contributed by atoms with E-state index in [0.29, 0.717) is 12.1 Å². The molecule has 20 heavy (non-hydrogen) atoms. The summed E-state index contributed by atoms with van der Waals surface area (Å²) in [6.45, 7) is 0. The van der Waals surface area contributed by atoms with Gasteiger partial charge >= 0.3 is 0 Å². The first-order valence-electron chi connectivity index (χ1n) is 5.99. The summed E-state index contributed by atoms with van der Waals surface area (Å²) < 4.78 is 45.5. The molecule has 0 unspecified atom stereocenters. The van der Waals surface area contributed by atoms with E-state index in [-0.39, 0.29) is 16.4 Å². The molecule has 1 aliphatic rings. The molecule has 0 spiro atoms. The van der Waals surface area contributed by atoms with E-state index in [1.54, 1.807) is 6.07 Å². The van der Waals surface area contributed by atoms with Gasteiger partial charge in [-0.3, -0.25) is 4.79 Å². The Morgan fingerprint density at radius 1 is 1.35 bits per heavy atom. The van der Waals surface area contributed by atoms with Gasteiger partial charge in [0.05, 0.1) is 22.3 Å². The SMILES string of the molecule is CS(=O)(=O)c1cccc(NC(=O)[C@@H]2CCS(=O)(=O)C2)c1. The molecule has 8 heteroatoms. The number of anilines is 1. The number of carbonyl (C=O) groups is 1. The molecular weight excluding hydrogens is 302 g/mol. The number of nitrogens with one attached hydrogen (secondary N) is 1. The van der Waals surface area contributed by atoms with Gasteiger partial charge in [-0.15, -0.1) is 0 Å². The molecule has 1 aromatic carbocycles. The van der Waals surface area contributed by atoms with E-state index < -0.39 is 31.5 Å². The third-order valence-corrected chi connectivity index (χ3v) is 6.01. The van der Waals surface area contributed by atoms with Gasteiger partial charge in [-0.05, 0) is 24.6 Å². The number of sulfone groups is 2. The maximum absolute atomic E-state index is 11.9. The van der Waals surface area contributed by atoms with Crippen LogP contribution >= 0.6 is 0 Å². The first-order chi connectivity index (χ1) is 9.17. The van der Waals surface area contributed by atoms with Crippen molar-refractivity contribution < 1.29 is 21.6 Å². The lowest BCUT2D eigenvalue weighted by Crippen LogP contribution is -2.23. The second-order valence-electron chi connectivity index (χ2n) is 4.89. The number of rotatable bonds is 3. The number of carbonyl (C=O) groups excluding carboxylic acids is 1. The van der Waals surface area contributed by atoms with Gasteiger partial charge in [0.2, 0.25) is 5.91 Å². The third kappa shape index (κ3) is 3.57. The van der Waals surface area contributed by atoms with Gasteiger partial charge in [-0.2, -0.15) is 0 Å². The second kappa shape index (κ2) is 5.17. The lowest BCUT2D eigenvalue weighted by molar-refractivity contribution is -0.119. The Morgan fingerprint density at radius 3 is 2.60 bits per heavy atom. The maximum atomic E-state index is 11.9. The predicted molar refractivity (Wildman–Crippen MR) is 74.9 cm³/mol. The number of benzene rings is 1. The Hall–Kier alpha value is -1.41. The zero-order valence-electron chi connectivity index (χ0n) is 10.9. The van der Waals surface area contributed by atoms with Crippen molar-refractivity contribution >= 4 is 31.3 Å². The molecule has 1 heterocycles. The molecule has 1 aliphatic heterocycles. The number of hydrogen-bond acceptors (Lipinski definition) is 5. The first-order valence-corrected chi connectivity index (χ1v) is 9.70. The summed E-state index contributed by atoms with van der Waals surface area (Å²) in [7, 11) is -6.47. The lowest BCUT2D eigenvalue weighted by Gasteiger charge is -2.10. The van der Waals surface area contributed by atoms with Gasteiger partial charge in [-0.25, -0.2) is 16.8 Å². The Morgan fingerprint density at radius 2 is 2.05 bits per heavy atom. The molecule has 0 saturated carbocycles. The summed E-state index contributed by atoms with van der Waals surface area (Å²) in [5.41, 5.74) is 0.349. The molecule has 1 N–H and O–H groups in total. The fourth-order valence-electron chi connectivity index (χ4n) is 2.05. The number of hydrogen-bond donors (Lipinski definition) is 1. The van der Waals surface area contributed by atoms with E-state index in [2.05, 4.69) is 5.32 Å². The molecule has 1 amide bonds. The van der Waals surface area contributed by atoms with Gasteiger partial charge in [0.15, 0.2) is 19.7 Å². The van der Waals surface area contributed by atoms with Crippen LogP contribution in [-0.4, -0.2) is 40.5 Å². The summed E-state index contributed by atoms with van der Waals surface area (Å²) in [6.07, 6.45) is 1.39. The number of amides is 1. The average molecular weight is 317 g/mol. The Bertz CT molecular complexity index is 737. The minimum atomic E-state index is -3.35. The van der Waals surface area contributed by atoms with Crippen molar-refractivity contribution in [2.45, 2.75) is 11.3 Å². The minimum Gasteiger partial charge on any atom is -0.326 e. The van der Waals surface area contributed by atoms with Crippen LogP contribution in [0.15, 0.2) is 29.2 Å².